The number of para-hydroxylation sites is 2. The summed E-state index contributed by atoms with van der Waals surface area (Å²) in [6.45, 7) is 0. The first kappa shape index (κ1) is 38.9. The van der Waals surface area contributed by atoms with Crippen LogP contribution in [0.1, 0.15) is 0 Å². The van der Waals surface area contributed by atoms with E-state index in [-0.39, 0.29) is 0 Å². The number of hydrogen-bond donors (Lipinski definition) is 0. The van der Waals surface area contributed by atoms with Gasteiger partial charge in [-0.1, -0.05) is 212 Å². The van der Waals surface area contributed by atoms with Crippen molar-refractivity contribution in [3.8, 4) is 61.3 Å². The summed E-state index contributed by atoms with van der Waals surface area (Å²) in [4.78, 5) is 2.39. The van der Waals surface area contributed by atoms with Crippen LogP contribution in [0.5, 0.6) is 0 Å². The Kier molecular flexibility index (Phi) is 9.89. The second-order valence-electron chi connectivity index (χ2n) is 16.9. The summed E-state index contributed by atoms with van der Waals surface area (Å²) in [7, 11) is 0. The first-order chi connectivity index (χ1) is 32.7. The van der Waals surface area contributed by atoms with Gasteiger partial charge in [0.2, 0.25) is 0 Å². The number of rotatable bonds is 9. The number of aromatic nitrogens is 1. The Hall–Kier alpha value is -8.72. The van der Waals surface area contributed by atoms with Gasteiger partial charge in [0.1, 0.15) is 0 Å². The summed E-state index contributed by atoms with van der Waals surface area (Å²) in [5.41, 5.74) is 18.7. The van der Waals surface area contributed by atoms with E-state index in [1.807, 2.05) is 0 Å². The third kappa shape index (κ3) is 7.02. The predicted octanol–water partition coefficient (Wildman–Crippen LogP) is 17.7. The van der Waals surface area contributed by atoms with Crippen molar-refractivity contribution in [1.29, 1.82) is 0 Å². The lowest BCUT2D eigenvalue weighted by molar-refractivity contribution is 1.18. The minimum absolute atomic E-state index is 1.08. The standard InChI is InChI=1S/C64H44N2/c1-4-16-45(17-5-1)46-32-34-47(35-33-46)48-36-40-54(41-37-48)65(55-42-38-51(39-43-55)58-27-13-21-49-20-10-11-26-57(49)58)56-25-12-22-52(44-56)59-28-15-31-62-63(59)61-30-14-29-60(50-18-6-2-7-19-50)64(61)66(62)53-23-8-3-9-24-53/h1-44H. The van der Waals surface area contributed by atoms with Crippen LogP contribution in [0.2, 0.25) is 0 Å². The molecule has 12 rings (SSSR count). The minimum Gasteiger partial charge on any atom is -0.310 e. The topological polar surface area (TPSA) is 8.17 Å². The molecule has 0 saturated heterocycles. The first-order valence-electron chi connectivity index (χ1n) is 22.7. The zero-order chi connectivity index (χ0) is 43.8. The van der Waals surface area contributed by atoms with Crippen LogP contribution in [0.25, 0.3) is 93.9 Å². The third-order valence-electron chi connectivity index (χ3n) is 13.0. The molecular formula is C64H44N2. The molecule has 0 spiro atoms. The number of anilines is 3. The Morgan fingerprint density at radius 3 is 1.42 bits per heavy atom. The van der Waals surface area contributed by atoms with E-state index < -0.39 is 0 Å². The lowest BCUT2D eigenvalue weighted by Crippen LogP contribution is -2.10. The second-order valence-corrected chi connectivity index (χ2v) is 16.9. The van der Waals surface area contributed by atoms with Crippen molar-refractivity contribution in [1.82, 2.24) is 4.57 Å². The molecule has 0 fully saturated rings. The molecule has 66 heavy (non-hydrogen) atoms. The highest BCUT2D eigenvalue weighted by atomic mass is 15.1. The first-order valence-corrected chi connectivity index (χ1v) is 22.7. The highest BCUT2D eigenvalue weighted by molar-refractivity contribution is 6.19. The average molecular weight is 841 g/mol. The van der Waals surface area contributed by atoms with E-state index in [0.717, 1.165) is 28.3 Å². The highest BCUT2D eigenvalue weighted by Gasteiger charge is 2.21. The molecular weight excluding hydrogens is 797 g/mol. The maximum Gasteiger partial charge on any atom is 0.0619 e. The monoisotopic (exact) mass is 840 g/mol. The van der Waals surface area contributed by atoms with Crippen molar-refractivity contribution in [2.24, 2.45) is 0 Å². The van der Waals surface area contributed by atoms with Gasteiger partial charge in [0.05, 0.1) is 11.0 Å². The van der Waals surface area contributed by atoms with Crippen molar-refractivity contribution < 1.29 is 0 Å². The fraction of sp³-hybridized carbons (Fsp3) is 0. The molecule has 0 saturated carbocycles. The summed E-state index contributed by atoms with van der Waals surface area (Å²) in [5.74, 6) is 0. The second kappa shape index (κ2) is 16.8. The van der Waals surface area contributed by atoms with E-state index in [1.54, 1.807) is 0 Å². The molecule has 2 nitrogen and oxygen atoms in total. The van der Waals surface area contributed by atoms with Gasteiger partial charge < -0.3 is 9.47 Å². The summed E-state index contributed by atoms with van der Waals surface area (Å²) in [5, 5.41) is 4.96. The van der Waals surface area contributed by atoms with Gasteiger partial charge >= 0.3 is 0 Å². The van der Waals surface area contributed by atoms with Gasteiger partial charge in [-0.2, -0.15) is 0 Å². The summed E-state index contributed by atoms with van der Waals surface area (Å²) in [6, 6.07) is 96.8. The molecule has 0 bridgehead atoms. The normalized spacial score (nSPS) is 11.3. The van der Waals surface area contributed by atoms with Crippen LogP contribution in [-0.4, -0.2) is 4.57 Å². The summed E-state index contributed by atoms with van der Waals surface area (Å²) < 4.78 is 2.45. The van der Waals surface area contributed by atoms with Crippen molar-refractivity contribution in [2.45, 2.75) is 0 Å². The van der Waals surface area contributed by atoms with E-state index in [1.165, 1.54) is 82.6 Å². The Morgan fingerprint density at radius 2 is 0.727 bits per heavy atom. The molecule has 0 aliphatic heterocycles. The largest absolute Gasteiger partial charge is 0.310 e. The Bertz CT molecular complexity index is 3640. The van der Waals surface area contributed by atoms with Crippen LogP contribution in [0.15, 0.2) is 267 Å². The van der Waals surface area contributed by atoms with Gasteiger partial charge in [0.25, 0.3) is 0 Å². The predicted molar refractivity (Wildman–Crippen MR) is 280 cm³/mol. The maximum atomic E-state index is 2.45. The van der Waals surface area contributed by atoms with Gasteiger partial charge in [0, 0.05) is 39.1 Å². The molecule has 11 aromatic carbocycles. The van der Waals surface area contributed by atoms with Crippen LogP contribution < -0.4 is 4.90 Å². The lowest BCUT2D eigenvalue weighted by atomic mass is 9.96. The maximum absolute atomic E-state index is 2.45. The van der Waals surface area contributed by atoms with Crippen LogP contribution in [0, 0.1) is 0 Å². The fourth-order valence-corrected chi connectivity index (χ4v) is 9.87. The van der Waals surface area contributed by atoms with Crippen molar-refractivity contribution >= 4 is 49.6 Å². The molecule has 0 unspecified atom stereocenters. The number of nitrogens with zero attached hydrogens (tertiary/aromatic N) is 2. The third-order valence-corrected chi connectivity index (χ3v) is 13.0. The van der Waals surface area contributed by atoms with E-state index in [4.69, 9.17) is 0 Å². The molecule has 0 amide bonds. The SMILES string of the molecule is c1ccc(-c2ccc(-c3ccc(N(c4ccc(-c5cccc6ccccc56)cc4)c4cccc(-c5cccc6c5c5cccc(-c7ccccc7)c5n6-c5ccccc5)c4)cc3)cc2)cc1. The Balaban J connectivity index is 0.995. The van der Waals surface area contributed by atoms with Crippen molar-refractivity contribution in [3.05, 3.63) is 267 Å². The minimum atomic E-state index is 1.08. The number of benzene rings is 11. The number of hydrogen-bond acceptors (Lipinski definition) is 1. The average Bonchev–Trinajstić information content (AvgIpc) is 3.75. The summed E-state index contributed by atoms with van der Waals surface area (Å²) >= 11 is 0. The molecule has 0 aliphatic carbocycles. The smallest absolute Gasteiger partial charge is 0.0619 e. The molecule has 2 heteroatoms. The molecule has 0 radical (unpaired) electrons. The van der Waals surface area contributed by atoms with Gasteiger partial charge in [-0.25, -0.2) is 0 Å². The summed E-state index contributed by atoms with van der Waals surface area (Å²) in [6.07, 6.45) is 0. The van der Waals surface area contributed by atoms with Crippen LogP contribution >= 0.6 is 0 Å². The molecule has 0 atom stereocenters. The van der Waals surface area contributed by atoms with Crippen molar-refractivity contribution in [3.63, 3.8) is 0 Å². The Morgan fingerprint density at radius 1 is 0.273 bits per heavy atom. The van der Waals surface area contributed by atoms with Crippen molar-refractivity contribution in [2.75, 3.05) is 4.90 Å². The van der Waals surface area contributed by atoms with E-state index in [0.29, 0.717) is 0 Å². The molecule has 310 valence electrons. The van der Waals surface area contributed by atoms with Crippen LogP contribution in [0.3, 0.4) is 0 Å². The zero-order valence-corrected chi connectivity index (χ0v) is 36.3. The highest BCUT2D eigenvalue weighted by Crippen LogP contribution is 2.44. The van der Waals surface area contributed by atoms with E-state index in [2.05, 4.69) is 276 Å². The molecule has 0 N–H and O–H groups in total. The molecule has 1 aromatic heterocycles. The zero-order valence-electron chi connectivity index (χ0n) is 36.3. The van der Waals surface area contributed by atoms with Gasteiger partial charge in [-0.05, 0) is 115 Å². The lowest BCUT2D eigenvalue weighted by Gasteiger charge is -2.26. The Labute approximate surface area is 385 Å². The fourth-order valence-electron chi connectivity index (χ4n) is 9.87. The molecule has 12 aromatic rings. The van der Waals surface area contributed by atoms with E-state index >= 15 is 0 Å². The van der Waals surface area contributed by atoms with Gasteiger partial charge in [0.15, 0.2) is 0 Å². The van der Waals surface area contributed by atoms with E-state index in [9.17, 15) is 0 Å². The van der Waals surface area contributed by atoms with Crippen LogP contribution in [-0.2, 0) is 0 Å². The molecule has 1 heterocycles. The van der Waals surface area contributed by atoms with Crippen LogP contribution in [0.4, 0.5) is 17.1 Å². The quantitative estimate of drug-likeness (QED) is 0.141. The van der Waals surface area contributed by atoms with Gasteiger partial charge in [-0.15, -0.1) is 0 Å². The molecule has 0 aliphatic rings. The number of fused-ring (bicyclic) bond motifs is 4. The van der Waals surface area contributed by atoms with Gasteiger partial charge in [-0.3, -0.25) is 0 Å².